The lowest BCUT2D eigenvalue weighted by Gasteiger charge is -2.19. The highest BCUT2D eigenvalue weighted by atomic mass is 19.1. The molecule has 0 bridgehead atoms. The highest BCUT2D eigenvalue weighted by Gasteiger charge is 2.18. The number of carbonyl (C=O) groups is 1. The van der Waals surface area contributed by atoms with Crippen molar-refractivity contribution in [3.8, 4) is 5.69 Å². The van der Waals surface area contributed by atoms with Crippen LogP contribution in [-0.2, 0) is 4.79 Å². The maximum atomic E-state index is 14.0. The Balaban J connectivity index is 2.07. The van der Waals surface area contributed by atoms with Gasteiger partial charge in [0.1, 0.15) is 11.5 Å². The monoisotopic (exact) mass is 364 g/mol. The summed E-state index contributed by atoms with van der Waals surface area (Å²) in [4.78, 5) is 14.4. The quantitative estimate of drug-likeness (QED) is 0.781. The van der Waals surface area contributed by atoms with Crippen LogP contribution >= 0.6 is 0 Å². The number of halogens is 2. The van der Waals surface area contributed by atoms with Crippen LogP contribution in [0.4, 0.5) is 8.78 Å². The minimum Gasteiger partial charge on any atom is -0.349 e. The average Bonchev–Trinajstić information content (AvgIpc) is 2.97. The van der Waals surface area contributed by atoms with Gasteiger partial charge in [-0.2, -0.15) is 5.10 Å². The number of aromatic nitrogens is 2. The van der Waals surface area contributed by atoms with Gasteiger partial charge in [0, 0.05) is 30.3 Å². The highest BCUT2D eigenvalue weighted by Crippen LogP contribution is 2.22. The molecule has 0 saturated heterocycles. The van der Waals surface area contributed by atoms with Gasteiger partial charge >= 0.3 is 0 Å². The fourth-order valence-corrected chi connectivity index (χ4v) is 2.93. The minimum absolute atomic E-state index is 0.0375. The number of nitrogens with zero attached hydrogens (tertiary/aromatic N) is 3. The predicted octanol–water partition coefficient (Wildman–Crippen LogP) is 3.37. The first-order valence-electron chi connectivity index (χ1n) is 8.89. The van der Waals surface area contributed by atoms with Crippen LogP contribution < -0.4 is 5.32 Å². The molecule has 0 spiro atoms. The molecule has 7 heteroatoms. The Morgan fingerprint density at radius 3 is 2.62 bits per heavy atom. The molecule has 0 aliphatic carbocycles. The van der Waals surface area contributed by atoms with Crippen molar-refractivity contribution in [3.05, 3.63) is 47.3 Å². The van der Waals surface area contributed by atoms with Gasteiger partial charge in [-0.25, -0.2) is 13.5 Å². The molecule has 5 nitrogen and oxygen atoms in total. The molecule has 2 rings (SSSR count). The zero-order valence-corrected chi connectivity index (χ0v) is 15.7. The van der Waals surface area contributed by atoms with Crippen LogP contribution in [0, 0.1) is 18.6 Å². The fraction of sp³-hybridized carbons (Fsp3) is 0.474. The Labute approximate surface area is 153 Å². The van der Waals surface area contributed by atoms with Crippen molar-refractivity contribution in [1.29, 1.82) is 0 Å². The molecule has 0 aliphatic heterocycles. The van der Waals surface area contributed by atoms with Crippen molar-refractivity contribution in [3.63, 3.8) is 0 Å². The SMILES string of the molecule is CCN(CC)CCC(=O)N[C@@H](C)c1cnn(-c2ccc(F)cc2F)c1C. The van der Waals surface area contributed by atoms with Crippen molar-refractivity contribution >= 4 is 5.91 Å². The molecular formula is C19H26F2N4O. The van der Waals surface area contributed by atoms with Crippen LogP contribution in [0.25, 0.3) is 5.69 Å². The van der Waals surface area contributed by atoms with Gasteiger partial charge in [-0.3, -0.25) is 4.79 Å². The molecule has 1 aromatic carbocycles. The second-order valence-corrected chi connectivity index (χ2v) is 6.26. The number of nitrogens with one attached hydrogen (secondary N) is 1. The van der Waals surface area contributed by atoms with E-state index in [1.807, 2.05) is 6.92 Å². The lowest BCUT2D eigenvalue weighted by Crippen LogP contribution is -2.32. The number of carbonyl (C=O) groups excluding carboxylic acids is 1. The van der Waals surface area contributed by atoms with Crippen LogP contribution in [0.15, 0.2) is 24.4 Å². The Hall–Kier alpha value is -2.28. The normalized spacial score (nSPS) is 12.4. The van der Waals surface area contributed by atoms with Gasteiger partial charge in [-0.05, 0) is 39.1 Å². The lowest BCUT2D eigenvalue weighted by molar-refractivity contribution is -0.122. The van der Waals surface area contributed by atoms with Crippen LogP contribution in [0.5, 0.6) is 0 Å². The summed E-state index contributed by atoms with van der Waals surface area (Å²) >= 11 is 0. The molecule has 1 N–H and O–H groups in total. The van der Waals surface area contributed by atoms with E-state index < -0.39 is 11.6 Å². The first-order valence-corrected chi connectivity index (χ1v) is 8.89. The molecule has 1 amide bonds. The van der Waals surface area contributed by atoms with Crippen LogP contribution in [-0.4, -0.2) is 40.2 Å². The number of hydrogen-bond acceptors (Lipinski definition) is 3. The summed E-state index contributed by atoms with van der Waals surface area (Å²) in [7, 11) is 0. The molecule has 2 aromatic rings. The van der Waals surface area contributed by atoms with Crippen molar-refractivity contribution in [2.75, 3.05) is 19.6 Å². The van der Waals surface area contributed by atoms with E-state index in [0.29, 0.717) is 18.7 Å². The third kappa shape index (κ3) is 4.66. The number of rotatable bonds is 8. The van der Waals surface area contributed by atoms with E-state index in [-0.39, 0.29) is 17.6 Å². The second-order valence-electron chi connectivity index (χ2n) is 6.26. The lowest BCUT2D eigenvalue weighted by atomic mass is 10.1. The summed E-state index contributed by atoms with van der Waals surface area (Å²) in [6.07, 6.45) is 2.03. The summed E-state index contributed by atoms with van der Waals surface area (Å²) < 4.78 is 28.5. The molecular weight excluding hydrogens is 338 g/mol. The van der Waals surface area contributed by atoms with Crippen LogP contribution in [0.2, 0.25) is 0 Å². The third-order valence-corrected chi connectivity index (χ3v) is 4.58. The minimum atomic E-state index is -0.682. The van der Waals surface area contributed by atoms with Gasteiger partial charge in [0.15, 0.2) is 5.82 Å². The molecule has 0 aliphatic rings. The Morgan fingerprint density at radius 2 is 2.00 bits per heavy atom. The van der Waals surface area contributed by atoms with Crippen molar-refractivity contribution < 1.29 is 13.6 Å². The molecule has 1 aromatic heterocycles. The second kappa shape index (κ2) is 8.89. The first kappa shape index (κ1) is 20.0. The highest BCUT2D eigenvalue weighted by molar-refractivity contribution is 5.76. The molecule has 1 heterocycles. The molecule has 26 heavy (non-hydrogen) atoms. The summed E-state index contributed by atoms with van der Waals surface area (Å²) in [5.41, 5.74) is 1.67. The molecule has 0 saturated carbocycles. The standard InChI is InChI=1S/C19H26F2N4O/c1-5-24(6-2)10-9-19(26)23-13(3)16-12-22-25(14(16)4)18-8-7-15(20)11-17(18)21/h7-8,11-13H,5-6,9-10H2,1-4H3,(H,23,26)/t13-/m0/s1. The summed E-state index contributed by atoms with van der Waals surface area (Å²) in [6, 6.07) is 3.12. The van der Waals surface area contributed by atoms with Crippen LogP contribution in [0.3, 0.4) is 0 Å². The molecule has 0 radical (unpaired) electrons. The molecule has 0 fully saturated rings. The van der Waals surface area contributed by atoms with E-state index in [9.17, 15) is 13.6 Å². The zero-order valence-electron chi connectivity index (χ0n) is 15.7. The summed E-state index contributed by atoms with van der Waals surface area (Å²) in [6.45, 7) is 10.3. The fourth-order valence-electron chi connectivity index (χ4n) is 2.93. The van der Waals surface area contributed by atoms with Gasteiger partial charge in [0.2, 0.25) is 5.91 Å². The predicted molar refractivity (Wildman–Crippen MR) is 97.2 cm³/mol. The van der Waals surface area contributed by atoms with Gasteiger partial charge in [0.05, 0.1) is 12.2 Å². The Bertz CT molecular complexity index is 756. The smallest absolute Gasteiger partial charge is 0.221 e. The third-order valence-electron chi connectivity index (χ3n) is 4.58. The van der Waals surface area contributed by atoms with Crippen LogP contribution in [0.1, 0.15) is 44.5 Å². The molecule has 142 valence electrons. The number of hydrogen-bond donors (Lipinski definition) is 1. The maximum Gasteiger partial charge on any atom is 0.221 e. The van der Waals surface area contributed by atoms with Gasteiger partial charge in [0.25, 0.3) is 0 Å². The van der Waals surface area contributed by atoms with Crippen molar-refractivity contribution in [2.24, 2.45) is 0 Å². The van der Waals surface area contributed by atoms with E-state index >= 15 is 0 Å². The number of amides is 1. The van der Waals surface area contributed by atoms with E-state index in [4.69, 9.17) is 0 Å². The molecule has 1 atom stereocenters. The molecule has 0 unspecified atom stereocenters. The average molecular weight is 364 g/mol. The van der Waals surface area contributed by atoms with Gasteiger partial charge in [-0.15, -0.1) is 0 Å². The summed E-state index contributed by atoms with van der Waals surface area (Å²) in [5.74, 6) is -1.35. The van der Waals surface area contributed by atoms with Crippen molar-refractivity contribution in [2.45, 2.75) is 40.2 Å². The van der Waals surface area contributed by atoms with E-state index in [1.165, 1.54) is 16.8 Å². The number of benzene rings is 1. The summed E-state index contributed by atoms with van der Waals surface area (Å²) in [5, 5.41) is 7.16. The van der Waals surface area contributed by atoms with Crippen molar-refractivity contribution in [1.82, 2.24) is 20.0 Å². The first-order chi connectivity index (χ1) is 12.4. The largest absolute Gasteiger partial charge is 0.349 e. The van der Waals surface area contributed by atoms with E-state index in [0.717, 1.165) is 24.7 Å². The van der Waals surface area contributed by atoms with E-state index in [2.05, 4.69) is 29.2 Å². The van der Waals surface area contributed by atoms with E-state index in [1.54, 1.807) is 13.1 Å². The zero-order chi connectivity index (χ0) is 19.3. The van der Waals surface area contributed by atoms with Gasteiger partial charge < -0.3 is 10.2 Å². The maximum absolute atomic E-state index is 14.0. The topological polar surface area (TPSA) is 50.2 Å². The Kier molecular flexibility index (Phi) is 6.85. The van der Waals surface area contributed by atoms with Gasteiger partial charge in [-0.1, -0.05) is 13.8 Å². The Morgan fingerprint density at radius 1 is 1.31 bits per heavy atom.